The van der Waals surface area contributed by atoms with E-state index in [1.165, 1.54) is 103 Å². The number of carbonyl (C=O) groups is 2. The minimum absolute atomic E-state index is 0.0329. The molecule has 4 aliphatic rings. The topological polar surface area (TPSA) is 70.7 Å². The van der Waals surface area contributed by atoms with Crippen molar-refractivity contribution in [1.82, 2.24) is 15.5 Å². The van der Waals surface area contributed by atoms with Crippen molar-refractivity contribution in [2.45, 2.75) is 176 Å². The van der Waals surface area contributed by atoms with Crippen molar-refractivity contribution in [2.75, 3.05) is 45.1 Å². The molecule has 306 valence electrons. The maximum Gasteiger partial charge on any atom is 0.223 e. The normalized spacial score (nSPS) is 30.0. The van der Waals surface area contributed by atoms with Gasteiger partial charge in [0.1, 0.15) is 0 Å². The number of rotatable bonds is 25. The van der Waals surface area contributed by atoms with Crippen LogP contribution in [-0.4, -0.2) is 67.9 Å². The standard InChI is InChI=1S/C46H83N3O3S/c1-7-30-49(44(51)24-28-47-27-23-43(50)48-29-33-53)31-12-10-8-9-11-13-32-52-38-21-25-45(5)37(34-38)17-18-39-41-20-19-40(36(4)16-14-15-35(2)3)46(41,6)26-22-42(39)45/h17,35-36,38-42,47,53H,7-16,18-34H2,1-6H3,(H,48,50)/t36?,38-,39?,40+,41-,42?,45-,46+/m0/s1. The Morgan fingerprint density at radius 2 is 1.64 bits per heavy atom. The van der Waals surface area contributed by atoms with E-state index in [1.54, 1.807) is 5.57 Å². The van der Waals surface area contributed by atoms with Crippen molar-refractivity contribution >= 4 is 24.4 Å². The predicted octanol–water partition coefficient (Wildman–Crippen LogP) is 10.4. The maximum absolute atomic E-state index is 12.8. The van der Waals surface area contributed by atoms with Crippen molar-refractivity contribution in [2.24, 2.45) is 46.3 Å². The van der Waals surface area contributed by atoms with E-state index < -0.39 is 0 Å². The van der Waals surface area contributed by atoms with Crippen LogP contribution in [0.5, 0.6) is 0 Å². The summed E-state index contributed by atoms with van der Waals surface area (Å²) in [5.74, 6) is 6.31. The second-order valence-corrected chi connectivity index (χ2v) is 19.3. The van der Waals surface area contributed by atoms with Gasteiger partial charge in [-0.05, 0) is 117 Å². The molecule has 0 aliphatic heterocycles. The molecular weight excluding hydrogens is 675 g/mol. The molecule has 2 amide bonds. The van der Waals surface area contributed by atoms with Gasteiger partial charge >= 0.3 is 0 Å². The molecule has 0 aromatic rings. The third-order valence-corrected chi connectivity index (χ3v) is 15.0. The Hall–Kier alpha value is -1.05. The summed E-state index contributed by atoms with van der Waals surface area (Å²) in [4.78, 5) is 26.5. The lowest BCUT2D eigenvalue weighted by molar-refractivity contribution is -0.131. The van der Waals surface area contributed by atoms with Gasteiger partial charge in [0.15, 0.2) is 0 Å². The number of hydrogen-bond acceptors (Lipinski definition) is 5. The van der Waals surface area contributed by atoms with Crippen LogP contribution < -0.4 is 10.6 Å². The van der Waals surface area contributed by atoms with E-state index in [4.69, 9.17) is 4.74 Å². The van der Waals surface area contributed by atoms with Crippen molar-refractivity contribution in [3.8, 4) is 0 Å². The second-order valence-electron chi connectivity index (χ2n) is 18.9. The molecule has 0 radical (unpaired) electrons. The number of nitrogens with zero attached hydrogens (tertiary/aromatic N) is 1. The zero-order valence-corrected chi connectivity index (χ0v) is 36.2. The Balaban J connectivity index is 1.08. The molecule has 3 saturated carbocycles. The quantitative estimate of drug-likeness (QED) is 0.0493. The number of carbonyl (C=O) groups excluding carboxylic acids is 2. The summed E-state index contributed by atoms with van der Waals surface area (Å²) >= 11 is 4.11. The summed E-state index contributed by atoms with van der Waals surface area (Å²) in [6.45, 7) is 19.3. The van der Waals surface area contributed by atoms with Gasteiger partial charge in [0, 0.05) is 57.9 Å². The molecule has 0 aromatic heterocycles. The minimum atomic E-state index is 0.0329. The monoisotopic (exact) mass is 758 g/mol. The van der Waals surface area contributed by atoms with Crippen LogP contribution in [0.15, 0.2) is 11.6 Å². The Kier molecular flexibility index (Phi) is 19.1. The lowest BCUT2D eigenvalue weighted by atomic mass is 9.47. The summed E-state index contributed by atoms with van der Waals surface area (Å²) in [5.41, 5.74) is 2.73. The molecule has 53 heavy (non-hydrogen) atoms. The van der Waals surface area contributed by atoms with Gasteiger partial charge in [0.25, 0.3) is 0 Å². The first kappa shape index (κ1) is 44.7. The first-order chi connectivity index (χ1) is 25.5. The van der Waals surface area contributed by atoms with E-state index in [0.29, 0.717) is 55.2 Å². The van der Waals surface area contributed by atoms with Crippen molar-refractivity contribution in [3.05, 3.63) is 11.6 Å². The van der Waals surface area contributed by atoms with E-state index in [9.17, 15) is 9.59 Å². The Bertz CT molecular complexity index is 1130. The molecule has 0 bridgehead atoms. The summed E-state index contributed by atoms with van der Waals surface area (Å²) in [7, 11) is 0. The minimum Gasteiger partial charge on any atom is -0.378 e. The van der Waals surface area contributed by atoms with Gasteiger partial charge < -0.3 is 20.3 Å². The number of hydrogen-bond donors (Lipinski definition) is 3. The fourth-order valence-corrected chi connectivity index (χ4v) is 11.9. The first-order valence-electron chi connectivity index (χ1n) is 22.7. The third-order valence-electron chi connectivity index (χ3n) is 14.8. The van der Waals surface area contributed by atoms with Crippen LogP contribution in [0.4, 0.5) is 0 Å². The van der Waals surface area contributed by atoms with Gasteiger partial charge in [0.2, 0.25) is 11.8 Å². The van der Waals surface area contributed by atoms with Gasteiger partial charge in [-0.25, -0.2) is 0 Å². The highest BCUT2D eigenvalue weighted by Gasteiger charge is 2.59. The van der Waals surface area contributed by atoms with Gasteiger partial charge in [-0.1, -0.05) is 98.1 Å². The lowest BCUT2D eigenvalue weighted by Gasteiger charge is -2.58. The lowest BCUT2D eigenvalue weighted by Crippen LogP contribution is -2.51. The third kappa shape index (κ3) is 12.7. The Morgan fingerprint density at radius 3 is 2.40 bits per heavy atom. The van der Waals surface area contributed by atoms with Crippen LogP contribution in [0.3, 0.4) is 0 Å². The number of amides is 2. The van der Waals surface area contributed by atoms with Crippen LogP contribution in [-0.2, 0) is 14.3 Å². The van der Waals surface area contributed by atoms with Crippen LogP contribution in [0.1, 0.15) is 170 Å². The smallest absolute Gasteiger partial charge is 0.223 e. The maximum atomic E-state index is 12.8. The Morgan fingerprint density at radius 1 is 0.887 bits per heavy atom. The second kappa shape index (κ2) is 22.6. The molecule has 4 rings (SSSR count). The van der Waals surface area contributed by atoms with Gasteiger partial charge in [-0.3, -0.25) is 9.59 Å². The molecule has 2 N–H and O–H groups in total. The van der Waals surface area contributed by atoms with E-state index in [0.717, 1.165) is 68.0 Å². The number of allylic oxidation sites excluding steroid dienone is 1. The largest absolute Gasteiger partial charge is 0.378 e. The molecule has 0 aromatic carbocycles. The van der Waals surface area contributed by atoms with E-state index in [2.05, 4.69) is 70.9 Å². The van der Waals surface area contributed by atoms with Gasteiger partial charge in [0.05, 0.1) is 6.10 Å². The van der Waals surface area contributed by atoms with Gasteiger partial charge in [-0.15, -0.1) is 0 Å². The van der Waals surface area contributed by atoms with E-state index in [1.807, 2.05) is 4.90 Å². The van der Waals surface area contributed by atoms with Gasteiger partial charge in [-0.2, -0.15) is 12.6 Å². The summed E-state index contributed by atoms with van der Waals surface area (Å²) < 4.78 is 6.56. The van der Waals surface area contributed by atoms with E-state index >= 15 is 0 Å². The molecule has 3 unspecified atom stereocenters. The molecule has 0 saturated heterocycles. The molecule has 4 aliphatic carbocycles. The summed E-state index contributed by atoms with van der Waals surface area (Å²) in [5, 5.41) is 6.06. The number of ether oxygens (including phenoxy) is 1. The number of fused-ring (bicyclic) bond motifs is 5. The molecule has 8 atom stereocenters. The first-order valence-corrected chi connectivity index (χ1v) is 23.3. The van der Waals surface area contributed by atoms with Crippen LogP contribution in [0, 0.1) is 46.3 Å². The molecule has 0 heterocycles. The molecule has 6 nitrogen and oxygen atoms in total. The summed E-state index contributed by atoms with van der Waals surface area (Å²) in [6.07, 6.45) is 27.4. The Labute approximate surface area is 332 Å². The van der Waals surface area contributed by atoms with Crippen LogP contribution in [0.2, 0.25) is 0 Å². The molecule has 7 heteroatoms. The molecule has 0 spiro atoms. The average molecular weight is 758 g/mol. The highest BCUT2D eigenvalue weighted by molar-refractivity contribution is 7.80. The fraction of sp³-hybridized carbons (Fsp3) is 0.913. The van der Waals surface area contributed by atoms with Crippen LogP contribution >= 0.6 is 12.6 Å². The van der Waals surface area contributed by atoms with Crippen molar-refractivity contribution < 1.29 is 14.3 Å². The molecular formula is C46H83N3O3S. The van der Waals surface area contributed by atoms with E-state index in [-0.39, 0.29) is 11.8 Å². The van der Waals surface area contributed by atoms with Crippen molar-refractivity contribution in [3.63, 3.8) is 0 Å². The van der Waals surface area contributed by atoms with Crippen LogP contribution in [0.25, 0.3) is 0 Å². The SMILES string of the molecule is CCCN(CCCCCCCCO[C@H]1CC[C@@]2(C)C(=CCC3C2CC[C@]2(C)[C@@H](C(C)CCCC(C)C)CC[C@@H]32)C1)C(=O)CCNCCC(=O)NCCS. The fourth-order valence-electron chi connectivity index (χ4n) is 11.8. The zero-order valence-electron chi connectivity index (χ0n) is 35.3. The number of unbranched alkanes of at least 4 members (excludes halogenated alkanes) is 5. The average Bonchev–Trinajstić information content (AvgIpc) is 3.49. The highest BCUT2D eigenvalue weighted by Crippen LogP contribution is 2.67. The summed E-state index contributed by atoms with van der Waals surface area (Å²) in [6, 6.07) is 0. The van der Waals surface area contributed by atoms with Crippen molar-refractivity contribution in [1.29, 1.82) is 0 Å². The number of nitrogens with one attached hydrogen (secondary N) is 2. The highest BCUT2D eigenvalue weighted by atomic mass is 32.1. The zero-order chi connectivity index (χ0) is 38.3. The predicted molar refractivity (Wildman–Crippen MR) is 226 cm³/mol. The molecule has 3 fully saturated rings. The number of thiol groups is 1.